The predicted molar refractivity (Wildman–Crippen MR) is 22.1 cm³/mol. The van der Waals surface area contributed by atoms with E-state index in [2.05, 4.69) is 20.8 Å². The van der Waals surface area contributed by atoms with Gasteiger partial charge in [0.25, 0.3) is 5.95 Å². The minimum absolute atomic E-state index is 0.263. The Kier molecular flexibility index (Phi) is 1.17. The second-order valence-electron chi connectivity index (χ2n) is 1.10. The number of ether oxygens (including phenoxy) is 3. The van der Waals surface area contributed by atoms with Crippen LogP contribution in [-0.2, 0) is 14.2 Å². The summed E-state index contributed by atoms with van der Waals surface area (Å²) in [6.07, 6.45) is 0. The zero-order valence-electron chi connectivity index (χ0n) is 3.85. The Labute approximate surface area is 41.5 Å². The Morgan fingerprint density at radius 1 is 1.29 bits per heavy atom. The first-order valence-electron chi connectivity index (χ1n) is 1.92. The van der Waals surface area contributed by atoms with Gasteiger partial charge in [0.05, 0.1) is 0 Å². The molecule has 0 bridgehead atoms. The highest BCUT2D eigenvalue weighted by Gasteiger charge is 2.00. The first-order chi connectivity index (χ1) is 3.39. The molecular weight excluding hydrogens is 96.0 g/mol. The third-order valence-corrected chi connectivity index (χ3v) is 0.606. The Morgan fingerprint density at radius 2 is 1.86 bits per heavy atom. The van der Waals surface area contributed by atoms with E-state index in [0.29, 0.717) is 5.95 Å². The molecule has 1 aliphatic heterocycles. The molecular formula is C4H6O3. The van der Waals surface area contributed by atoms with Crippen molar-refractivity contribution in [3.63, 3.8) is 0 Å². The van der Waals surface area contributed by atoms with Gasteiger partial charge in [-0.05, 0) is 6.58 Å². The molecule has 1 saturated heterocycles. The van der Waals surface area contributed by atoms with E-state index in [1.54, 1.807) is 0 Å². The SMILES string of the molecule is C=C1OCOCO1. The van der Waals surface area contributed by atoms with Crippen molar-refractivity contribution in [2.75, 3.05) is 13.6 Å². The van der Waals surface area contributed by atoms with Gasteiger partial charge in [-0.15, -0.1) is 0 Å². The van der Waals surface area contributed by atoms with Crippen molar-refractivity contribution in [2.24, 2.45) is 0 Å². The van der Waals surface area contributed by atoms with Crippen molar-refractivity contribution in [3.8, 4) is 0 Å². The largest absolute Gasteiger partial charge is 0.438 e. The second-order valence-corrected chi connectivity index (χ2v) is 1.10. The molecule has 1 rings (SSSR count). The van der Waals surface area contributed by atoms with E-state index in [-0.39, 0.29) is 13.6 Å². The molecule has 0 N–H and O–H groups in total. The molecule has 0 aromatic heterocycles. The third kappa shape index (κ3) is 1.08. The van der Waals surface area contributed by atoms with Crippen molar-refractivity contribution >= 4 is 0 Å². The molecule has 0 saturated carbocycles. The summed E-state index contributed by atoms with van der Waals surface area (Å²) in [7, 11) is 0. The van der Waals surface area contributed by atoms with Gasteiger partial charge in [0, 0.05) is 0 Å². The summed E-state index contributed by atoms with van der Waals surface area (Å²) < 4.78 is 13.9. The molecule has 1 aliphatic rings. The number of hydrogen-bond donors (Lipinski definition) is 0. The van der Waals surface area contributed by atoms with Crippen molar-refractivity contribution in [2.45, 2.75) is 0 Å². The molecule has 40 valence electrons. The Balaban J connectivity index is 2.25. The molecule has 0 aliphatic carbocycles. The summed E-state index contributed by atoms with van der Waals surface area (Å²) in [6.45, 7) is 3.92. The minimum atomic E-state index is 0.263. The van der Waals surface area contributed by atoms with Gasteiger partial charge in [-0.3, -0.25) is 0 Å². The van der Waals surface area contributed by atoms with Gasteiger partial charge in [0.1, 0.15) is 0 Å². The zero-order chi connectivity index (χ0) is 5.11. The topological polar surface area (TPSA) is 27.7 Å². The van der Waals surface area contributed by atoms with Crippen molar-refractivity contribution < 1.29 is 14.2 Å². The van der Waals surface area contributed by atoms with Crippen LogP contribution in [0, 0.1) is 0 Å². The fraction of sp³-hybridized carbons (Fsp3) is 0.500. The summed E-state index contributed by atoms with van der Waals surface area (Å²) in [5.74, 6) is 0.339. The Hall–Kier alpha value is -0.700. The van der Waals surface area contributed by atoms with E-state index in [9.17, 15) is 0 Å². The summed E-state index contributed by atoms with van der Waals surface area (Å²) in [6, 6.07) is 0. The lowest BCUT2D eigenvalue weighted by atomic mass is 11.0. The van der Waals surface area contributed by atoms with E-state index in [1.807, 2.05) is 0 Å². The quantitative estimate of drug-likeness (QED) is 0.444. The lowest BCUT2D eigenvalue weighted by Gasteiger charge is -2.15. The van der Waals surface area contributed by atoms with E-state index >= 15 is 0 Å². The van der Waals surface area contributed by atoms with Crippen LogP contribution < -0.4 is 0 Å². The molecule has 7 heavy (non-hydrogen) atoms. The molecule has 3 nitrogen and oxygen atoms in total. The molecule has 1 fully saturated rings. The molecule has 0 radical (unpaired) electrons. The van der Waals surface area contributed by atoms with Crippen LogP contribution in [0.15, 0.2) is 12.5 Å². The van der Waals surface area contributed by atoms with Crippen LogP contribution in [0.4, 0.5) is 0 Å². The second kappa shape index (κ2) is 1.84. The van der Waals surface area contributed by atoms with Gasteiger partial charge >= 0.3 is 0 Å². The third-order valence-electron chi connectivity index (χ3n) is 0.606. The monoisotopic (exact) mass is 102 g/mol. The average Bonchev–Trinajstić information content (AvgIpc) is 1.69. The Bertz CT molecular complexity index is 71.0. The van der Waals surface area contributed by atoms with Gasteiger partial charge < -0.3 is 14.2 Å². The van der Waals surface area contributed by atoms with Gasteiger partial charge in [-0.25, -0.2) is 0 Å². The Morgan fingerprint density at radius 3 is 2.14 bits per heavy atom. The standard InChI is InChI=1S/C4H6O3/c1-4-6-2-5-3-7-4/h1-3H2. The van der Waals surface area contributed by atoms with Gasteiger partial charge in [-0.1, -0.05) is 0 Å². The minimum Gasteiger partial charge on any atom is -0.438 e. The molecule has 3 heteroatoms. The molecule has 0 unspecified atom stereocenters. The first kappa shape index (κ1) is 4.46. The molecule has 0 amide bonds. The first-order valence-corrected chi connectivity index (χ1v) is 1.92. The highest BCUT2D eigenvalue weighted by atomic mass is 16.8. The summed E-state index contributed by atoms with van der Waals surface area (Å²) in [5.41, 5.74) is 0. The molecule has 0 spiro atoms. The van der Waals surface area contributed by atoms with Crippen LogP contribution in [-0.4, -0.2) is 13.6 Å². The smallest absolute Gasteiger partial charge is 0.275 e. The molecule has 1 heterocycles. The van der Waals surface area contributed by atoms with E-state index in [0.717, 1.165) is 0 Å². The fourth-order valence-corrected chi connectivity index (χ4v) is 0.290. The van der Waals surface area contributed by atoms with Crippen LogP contribution in [0.1, 0.15) is 0 Å². The maximum Gasteiger partial charge on any atom is 0.275 e. The summed E-state index contributed by atoms with van der Waals surface area (Å²) >= 11 is 0. The average molecular weight is 102 g/mol. The van der Waals surface area contributed by atoms with Crippen LogP contribution in [0.5, 0.6) is 0 Å². The van der Waals surface area contributed by atoms with Gasteiger partial charge in [0.15, 0.2) is 13.6 Å². The normalized spacial score (nSPS) is 20.3. The van der Waals surface area contributed by atoms with E-state index in [1.165, 1.54) is 0 Å². The predicted octanol–water partition coefficient (Wildman–Crippen LogP) is 0.436. The lowest BCUT2D eigenvalue weighted by molar-refractivity contribution is -0.194. The van der Waals surface area contributed by atoms with Crippen LogP contribution >= 0.6 is 0 Å². The molecule has 0 aromatic rings. The highest BCUT2D eigenvalue weighted by molar-refractivity contribution is 4.66. The van der Waals surface area contributed by atoms with Crippen LogP contribution in [0.25, 0.3) is 0 Å². The highest BCUT2D eigenvalue weighted by Crippen LogP contribution is 2.01. The fourth-order valence-electron chi connectivity index (χ4n) is 0.290. The summed E-state index contributed by atoms with van der Waals surface area (Å²) in [4.78, 5) is 0. The summed E-state index contributed by atoms with van der Waals surface area (Å²) in [5, 5.41) is 0. The van der Waals surface area contributed by atoms with Gasteiger partial charge in [0.2, 0.25) is 0 Å². The van der Waals surface area contributed by atoms with Crippen LogP contribution in [0.3, 0.4) is 0 Å². The maximum absolute atomic E-state index is 4.64. The number of rotatable bonds is 0. The van der Waals surface area contributed by atoms with E-state index < -0.39 is 0 Å². The zero-order valence-corrected chi connectivity index (χ0v) is 3.85. The van der Waals surface area contributed by atoms with Crippen molar-refractivity contribution in [1.82, 2.24) is 0 Å². The lowest BCUT2D eigenvalue weighted by Crippen LogP contribution is -2.11. The van der Waals surface area contributed by atoms with Gasteiger partial charge in [-0.2, -0.15) is 0 Å². The number of hydrogen-bond acceptors (Lipinski definition) is 3. The van der Waals surface area contributed by atoms with Crippen molar-refractivity contribution in [1.29, 1.82) is 0 Å². The van der Waals surface area contributed by atoms with Crippen LogP contribution in [0.2, 0.25) is 0 Å². The maximum atomic E-state index is 4.64. The van der Waals surface area contributed by atoms with Crippen molar-refractivity contribution in [3.05, 3.63) is 12.5 Å². The van der Waals surface area contributed by atoms with E-state index in [4.69, 9.17) is 0 Å². The molecule has 0 atom stereocenters. The molecule has 0 aromatic carbocycles.